The Morgan fingerprint density at radius 1 is 0.700 bits per heavy atom. The minimum atomic E-state index is -2.10. The smallest absolute Gasteiger partial charge is 0.133 e. The molecule has 5 rings (SSSR count). The summed E-state index contributed by atoms with van der Waals surface area (Å²) in [7, 11) is -2.10. The molecule has 150 valence electrons. The molecule has 0 saturated heterocycles. The zero-order valence-corrected chi connectivity index (χ0v) is 20.1. The Morgan fingerprint density at radius 2 is 1.37 bits per heavy atom. The van der Waals surface area contributed by atoms with E-state index in [0.29, 0.717) is 0 Å². The van der Waals surface area contributed by atoms with E-state index in [4.69, 9.17) is 0 Å². The number of rotatable bonds is 3. The van der Waals surface area contributed by atoms with Crippen molar-refractivity contribution in [3.63, 3.8) is 0 Å². The summed E-state index contributed by atoms with van der Waals surface area (Å²) in [4.78, 5) is 5.11. The molecule has 0 bridgehead atoms. The van der Waals surface area contributed by atoms with Gasteiger partial charge >= 0.3 is 0 Å². The predicted molar refractivity (Wildman–Crippen MR) is 134 cm³/mol. The summed E-state index contributed by atoms with van der Waals surface area (Å²) in [5.74, 6) is 0. The summed E-state index contributed by atoms with van der Waals surface area (Å²) in [6.45, 7) is 8.69. The molecule has 4 heteroatoms. The molecular weight excluding hydrogens is 423 g/mol. The van der Waals surface area contributed by atoms with Crippen LogP contribution >= 0.6 is 30.5 Å². The van der Waals surface area contributed by atoms with Gasteiger partial charge in [-0.2, -0.15) is 0 Å². The van der Waals surface area contributed by atoms with Crippen LogP contribution in [0, 0.1) is 27.7 Å². The molecule has 1 aliphatic rings. The molecule has 30 heavy (non-hydrogen) atoms. The van der Waals surface area contributed by atoms with Crippen molar-refractivity contribution in [2.75, 3.05) is 0 Å². The summed E-state index contributed by atoms with van der Waals surface area (Å²) in [6.07, 6.45) is 0. The standard InChI is InChI=1S/C26H23OPS2/c1-15-14-21(16(2)29-15)25-20-12-8-9-13-22(20)28(27)26(25)24-18(4)30-17(3)23(24)19-10-6-5-7-11-19/h5-14,28H,1-4H3. The van der Waals surface area contributed by atoms with Gasteiger partial charge in [0.25, 0.3) is 0 Å². The quantitative estimate of drug-likeness (QED) is 0.293. The van der Waals surface area contributed by atoms with Gasteiger partial charge in [-0.15, -0.1) is 22.7 Å². The van der Waals surface area contributed by atoms with Crippen molar-refractivity contribution in [1.82, 2.24) is 0 Å². The molecule has 0 fully saturated rings. The van der Waals surface area contributed by atoms with Crippen LogP contribution in [0.5, 0.6) is 0 Å². The van der Waals surface area contributed by atoms with Gasteiger partial charge in [0.05, 0.1) is 0 Å². The molecule has 1 nitrogen and oxygen atoms in total. The van der Waals surface area contributed by atoms with Crippen LogP contribution in [0.2, 0.25) is 0 Å². The summed E-state index contributed by atoms with van der Waals surface area (Å²) >= 11 is 3.63. The first-order valence-electron chi connectivity index (χ1n) is 10.1. The average molecular weight is 447 g/mol. The fourth-order valence-electron chi connectivity index (χ4n) is 4.62. The van der Waals surface area contributed by atoms with E-state index < -0.39 is 7.80 Å². The van der Waals surface area contributed by atoms with Crippen molar-refractivity contribution in [3.8, 4) is 11.1 Å². The van der Waals surface area contributed by atoms with Crippen LogP contribution in [-0.4, -0.2) is 0 Å². The van der Waals surface area contributed by atoms with Gasteiger partial charge < -0.3 is 4.57 Å². The summed E-state index contributed by atoms with van der Waals surface area (Å²) < 4.78 is 14.0. The first-order chi connectivity index (χ1) is 14.5. The molecule has 0 aliphatic carbocycles. The molecule has 0 saturated carbocycles. The van der Waals surface area contributed by atoms with Gasteiger partial charge in [0.15, 0.2) is 0 Å². The van der Waals surface area contributed by atoms with Gasteiger partial charge in [0.1, 0.15) is 7.80 Å². The normalized spacial score (nSPS) is 15.7. The number of hydrogen-bond donors (Lipinski definition) is 0. The predicted octanol–water partition coefficient (Wildman–Crippen LogP) is 7.83. The van der Waals surface area contributed by atoms with Gasteiger partial charge in [0, 0.05) is 46.8 Å². The van der Waals surface area contributed by atoms with E-state index in [1.165, 1.54) is 47.3 Å². The lowest BCUT2D eigenvalue weighted by Gasteiger charge is -2.12. The third-order valence-corrected chi connectivity index (χ3v) is 9.67. The Hall–Kier alpha value is -2.19. The van der Waals surface area contributed by atoms with E-state index in [2.05, 4.69) is 76.2 Å². The van der Waals surface area contributed by atoms with Gasteiger partial charge in [-0.1, -0.05) is 54.6 Å². The van der Waals surface area contributed by atoms with Crippen molar-refractivity contribution in [1.29, 1.82) is 0 Å². The zero-order valence-electron chi connectivity index (χ0n) is 17.5. The molecule has 1 unspecified atom stereocenters. The molecule has 4 aromatic rings. The Labute approximate surface area is 186 Å². The van der Waals surface area contributed by atoms with Crippen LogP contribution in [0.3, 0.4) is 0 Å². The number of thiophene rings is 2. The number of fused-ring (bicyclic) bond motifs is 1. The Morgan fingerprint density at radius 3 is 2.07 bits per heavy atom. The first-order valence-corrected chi connectivity index (χ1v) is 13.1. The van der Waals surface area contributed by atoms with Crippen molar-refractivity contribution >= 4 is 46.7 Å². The highest BCUT2D eigenvalue weighted by Gasteiger charge is 2.34. The molecule has 1 atom stereocenters. The van der Waals surface area contributed by atoms with Crippen molar-refractivity contribution < 1.29 is 4.57 Å². The number of benzene rings is 2. The van der Waals surface area contributed by atoms with E-state index in [1.807, 2.05) is 34.8 Å². The lowest BCUT2D eigenvalue weighted by molar-refractivity contribution is 0.598. The van der Waals surface area contributed by atoms with E-state index in [0.717, 1.165) is 16.2 Å². The minimum Gasteiger partial charge on any atom is -0.317 e. The van der Waals surface area contributed by atoms with Crippen LogP contribution in [0.15, 0.2) is 60.7 Å². The van der Waals surface area contributed by atoms with Crippen LogP contribution < -0.4 is 5.30 Å². The van der Waals surface area contributed by atoms with E-state index in [9.17, 15) is 4.57 Å². The van der Waals surface area contributed by atoms with Crippen LogP contribution in [0.4, 0.5) is 0 Å². The molecular formula is C26H23OPS2. The van der Waals surface area contributed by atoms with Crippen LogP contribution in [0.25, 0.3) is 22.0 Å². The maximum Gasteiger partial charge on any atom is 0.133 e. The second-order valence-corrected chi connectivity index (χ2v) is 12.4. The highest BCUT2D eigenvalue weighted by Crippen LogP contribution is 2.57. The van der Waals surface area contributed by atoms with Crippen LogP contribution in [-0.2, 0) is 4.57 Å². The maximum atomic E-state index is 14.0. The largest absolute Gasteiger partial charge is 0.317 e. The molecule has 3 heterocycles. The SMILES string of the molecule is Cc1cc(C2=C(c3c(C)sc(C)c3-c3ccccc3)[PH](=O)c3ccccc32)c(C)s1. The van der Waals surface area contributed by atoms with E-state index >= 15 is 0 Å². The number of aryl methyl sites for hydroxylation is 4. The molecule has 2 aromatic heterocycles. The lowest BCUT2D eigenvalue weighted by Crippen LogP contribution is -1.98. The monoisotopic (exact) mass is 446 g/mol. The van der Waals surface area contributed by atoms with Crippen LogP contribution in [0.1, 0.15) is 36.2 Å². The summed E-state index contributed by atoms with van der Waals surface area (Å²) in [5, 5.41) is 2.04. The third-order valence-electron chi connectivity index (χ3n) is 5.80. The molecule has 0 amide bonds. The third kappa shape index (κ3) is 3.00. The van der Waals surface area contributed by atoms with Crippen molar-refractivity contribution in [2.45, 2.75) is 27.7 Å². The van der Waals surface area contributed by atoms with E-state index in [-0.39, 0.29) is 0 Å². The van der Waals surface area contributed by atoms with Crippen molar-refractivity contribution in [3.05, 3.63) is 96.9 Å². The zero-order chi connectivity index (χ0) is 21.0. The summed E-state index contributed by atoms with van der Waals surface area (Å²) in [5.41, 5.74) is 7.17. The average Bonchev–Trinajstić information content (AvgIpc) is 3.32. The molecule has 0 N–H and O–H groups in total. The Balaban J connectivity index is 1.89. The van der Waals surface area contributed by atoms with Gasteiger partial charge in [-0.25, -0.2) is 0 Å². The lowest BCUT2D eigenvalue weighted by atomic mass is 9.93. The fraction of sp³-hybridized carbons (Fsp3) is 0.154. The highest BCUT2D eigenvalue weighted by molar-refractivity contribution is 7.66. The molecule has 0 radical (unpaired) electrons. The minimum absolute atomic E-state index is 0.998. The molecule has 2 aromatic carbocycles. The summed E-state index contributed by atoms with van der Waals surface area (Å²) in [6, 6.07) is 21.1. The molecule has 1 aliphatic heterocycles. The van der Waals surface area contributed by atoms with Crippen molar-refractivity contribution in [2.24, 2.45) is 0 Å². The fourth-order valence-corrected chi connectivity index (χ4v) is 8.73. The van der Waals surface area contributed by atoms with Gasteiger partial charge in [-0.05, 0) is 50.5 Å². The van der Waals surface area contributed by atoms with E-state index in [1.54, 1.807) is 0 Å². The maximum absolute atomic E-state index is 14.0. The van der Waals surface area contributed by atoms with Gasteiger partial charge in [0.2, 0.25) is 0 Å². The second kappa shape index (κ2) is 7.50. The number of hydrogen-bond acceptors (Lipinski definition) is 3. The molecule has 0 spiro atoms. The van der Waals surface area contributed by atoms with Gasteiger partial charge in [-0.3, -0.25) is 0 Å². The second-order valence-electron chi connectivity index (χ2n) is 7.78. The topological polar surface area (TPSA) is 17.1 Å². The Kier molecular flexibility index (Phi) is 4.94. The Bertz CT molecular complexity index is 1340. The highest BCUT2D eigenvalue weighted by atomic mass is 32.1. The first kappa shape index (κ1) is 19.8.